The number of urea groups is 1. The molecule has 1 aliphatic heterocycles. The smallest absolute Gasteiger partial charge is 0.320 e. The average Bonchev–Trinajstić information content (AvgIpc) is 2.95. The number of hydrogen-bond donors (Lipinski definition) is 0. The van der Waals surface area contributed by atoms with E-state index in [4.69, 9.17) is 4.74 Å². The summed E-state index contributed by atoms with van der Waals surface area (Å²) in [5.41, 5.74) is 0. The minimum absolute atomic E-state index is 0.0818. The van der Waals surface area contributed by atoms with E-state index in [0.29, 0.717) is 19.5 Å². The quantitative estimate of drug-likeness (QED) is 0.675. The number of carbonyl (C=O) groups excluding carboxylic acids is 2. The normalized spacial score (nSPS) is 18.1. The highest BCUT2D eigenvalue weighted by atomic mass is 16.5. The Morgan fingerprint density at radius 1 is 1.20 bits per heavy atom. The van der Waals surface area contributed by atoms with Gasteiger partial charge in [-0.2, -0.15) is 0 Å². The molecule has 5 nitrogen and oxygen atoms in total. The molecule has 1 fully saturated rings. The summed E-state index contributed by atoms with van der Waals surface area (Å²) in [6, 6.07) is 0.0818. The Labute approximate surface area is 122 Å². The molecule has 1 atom stereocenters. The topological polar surface area (TPSA) is 49.9 Å². The van der Waals surface area contributed by atoms with E-state index in [9.17, 15) is 9.59 Å². The molecule has 5 heteroatoms. The molecular weight excluding hydrogens is 256 g/mol. The van der Waals surface area contributed by atoms with E-state index in [2.05, 4.69) is 13.8 Å². The van der Waals surface area contributed by atoms with E-state index in [1.807, 2.05) is 4.90 Å². The van der Waals surface area contributed by atoms with Crippen molar-refractivity contribution >= 4 is 12.0 Å². The molecule has 20 heavy (non-hydrogen) atoms. The second-order valence-electron chi connectivity index (χ2n) is 5.43. The molecule has 1 saturated heterocycles. The zero-order chi connectivity index (χ0) is 15.0. The highest BCUT2D eigenvalue weighted by Gasteiger charge is 2.33. The number of likely N-dealkylation sites (tertiary alicyclic amines) is 1. The third kappa shape index (κ3) is 4.69. The summed E-state index contributed by atoms with van der Waals surface area (Å²) < 4.78 is 4.76. The minimum Gasteiger partial charge on any atom is -0.469 e. The van der Waals surface area contributed by atoms with Crippen LogP contribution in [0.25, 0.3) is 0 Å². The minimum atomic E-state index is -0.200. The molecule has 1 unspecified atom stereocenters. The Balaban J connectivity index is 2.54. The molecule has 1 heterocycles. The molecule has 0 aromatic rings. The van der Waals surface area contributed by atoms with Crippen LogP contribution in [-0.2, 0) is 9.53 Å². The zero-order valence-electron chi connectivity index (χ0n) is 13.1. The number of nitrogens with zero attached hydrogens (tertiary/aromatic N) is 2. The van der Waals surface area contributed by atoms with Crippen molar-refractivity contribution in [3.8, 4) is 0 Å². The van der Waals surface area contributed by atoms with E-state index in [1.165, 1.54) is 7.11 Å². The van der Waals surface area contributed by atoms with Crippen molar-refractivity contribution in [3.05, 3.63) is 0 Å². The second-order valence-corrected chi connectivity index (χ2v) is 5.43. The molecule has 0 aliphatic carbocycles. The molecular formula is C15H28N2O3. The first-order valence-corrected chi connectivity index (χ1v) is 7.75. The fourth-order valence-electron chi connectivity index (χ4n) is 2.49. The first-order chi connectivity index (χ1) is 9.63. The van der Waals surface area contributed by atoms with E-state index < -0.39 is 0 Å². The van der Waals surface area contributed by atoms with Gasteiger partial charge >= 0.3 is 12.0 Å². The Kier molecular flexibility index (Phi) is 7.41. The number of esters is 1. The largest absolute Gasteiger partial charge is 0.469 e. The number of ether oxygens (including phenoxy) is 1. The van der Waals surface area contributed by atoms with Crippen molar-refractivity contribution in [2.45, 2.75) is 46.0 Å². The maximum absolute atomic E-state index is 12.5. The second kappa shape index (κ2) is 8.82. The summed E-state index contributed by atoms with van der Waals surface area (Å²) in [5.74, 6) is -0.350. The Bertz CT molecular complexity index is 312. The average molecular weight is 284 g/mol. The lowest BCUT2D eigenvalue weighted by molar-refractivity contribution is -0.144. The van der Waals surface area contributed by atoms with E-state index in [1.54, 1.807) is 4.90 Å². The molecule has 0 spiro atoms. The van der Waals surface area contributed by atoms with Crippen LogP contribution < -0.4 is 0 Å². The molecule has 1 aliphatic rings. The maximum Gasteiger partial charge on any atom is 0.320 e. The van der Waals surface area contributed by atoms with Gasteiger partial charge in [-0.3, -0.25) is 4.79 Å². The number of amides is 2. The van der Waals surface area contributed by atoms with Gasteiger partial charge in [-0.15, -0.1) is 0 Å². The van der Waals surface area contributed by atoms with Crippen LogP contribution in [0.2, 0.25) is 0 Å². The van der Waals surface area contributed by atoms with E-state index in [0.717, 1.165) is 38.8 Å². The van der Waals surface area contributed by atoms with Gasteiger partial charge in [0.15, 0.2) is 0 Å². The van der Waals surface area contributed by atoms with Gasteiger partial charge in [0.2, 0.25) is 0 Å². The van der Waals surface area contributed by atoms with Crippen molar-refractivity contribution in [2.24, 2.45) is 5.92 Å². The molecule has 0 bridgehead atoms. The molecule has 0 aromatic carbocycles. The van der Waals surface area contributed by atoms with Crippen molar-refractivity contribution in [2.75, 3.05) is 33.3 Å². The molecule has 0 radical (unpaired) electrons. The van der Waals surface area contributed by atoms with Crippen LogP contribution in [0.4, 0.5) is 4.79 Å². The lowest BCUT2D eigenvalue weighted by atomic mass is 10.1. The molecule has 0 saturated carbocycles. The predicted octanol–water partition coefficient (Wildman–Crippen LogP) is 2.50. The van der Waals surface area contributed by atoms with Crippen LogP contribution in [0.15, 0.2) is 0 Å². The summed E-state index contributed by atoms with van der Waals surface area (Å²) in [4.78, 5) is 27.8. The highest BCUT2D eigenvalue weighted by molar-refractivity contribution is 5.78. The van der Waals surface area contributed by atoms with Gasteiger partial charge < -0.3 is 14.5 Å². The lowest BCUT2D eigenvalue weighted by Crippen LogP contribution is -2.43. The highest BCUT2D eigenvalue weighted by Crippen LogP contribution is 2.19. The van der Waals surface area contributed by atoms with Gasteiger partial charge in [-0.25, -0.2) is 4.79 Å². The van der Waals surface area contributed by atoms with Gasteiger partial charge in [-0.05, 0) is 19.3 Å². The molecule has 116 valence electrons. The van der Waals surface area contributed by atoms with Gasteiger partial charge in [0.1, 0.15) is 0 Å². The van der Waals surface area contributed by atoms with Gasteiger partial charge in [0.25, 0.3) is 0 Å². The summed E-state index contributed by atoms with van der Waals surface area (Å²) in [7, 11) is 1.40. The molecule has 1 rings (SSSR count). The molecule has 0 aromatic heterocycles. The summed E-state index contributed by atoms with van der Waals surface area (Å²) in [5, 5.41) is 0. The zero-order valence-corrected chi connectivity index (χ0v) is 13.1. The Morgan fingerprint density at radius 2 is 1.80 bits per heavy atom. The van der Waals surface area contributed by atoms with Crippen molar-refractivity contribution in [3.63, 3.8) is 0 Å². The van der Waals surface area contributed by atoms with Crippen LogP contribution in [0.3, 0.4) is 0 Å². The van der Waals surface area contributed by atoms with Crippen molar-refractivity contribution < 1.29 is 14.3 Å². The van der Waals surface area contributed by atoms with Crippen LogP contribution in [0, 0.1) is 5.92 Å². The molecule has 0 N–H and O–H groups in total. The van der Waals surface area contributed by atoms with Crippen LogP contribution >= 0.6 is 0 Å². The summed E-state index contributed by atoms with van der Waals surface area (Å²) >= 11 is 0. The van der Waals surface area contributed by atoms with Gasteiger partial charge in [0, 0.05) is 26.2 Å². The maximum atomic E-state index is 12.5. The third-order valence-electron chi connectivity index (χ3n) is 3.83. The van der Waals surface area contributed by atoms with Crippen LogP contribution in [0.1, 0.15) is 46.0 Å². The predicted molar refractivity (Wildman–Crippen MR) is 78.5 cm³/mol. The Hall–Kier alpha value is -1.26. The van der Waals surface area contributed by atoms with Crippen molar-refractivity contribution in [1.82, 2.24) is 9.80 Å². The number of methoxy groups -OCH3 is 1. The fraction of sp³-hybridized carbons (Fsp3) is 0.867. The first kappa shape index (κ1) is 16.8. The first-order valence-electron chi connectivity index (χ1n) is 7.75. The monoisotopic (exact) mass is 284 g/mol. The third-order valence-corrected chi connectivity index (χ3v) is 3.83. The van der Waals surface area contributed by atoms with Gasteiger partial charge in [-0.1, -0.05) is 26.7 Å². The van der Waals surface area contributed by atoms with Crippen LogP contribution in [0.5, 0.6) is 0 Å². The van der Waals surface area contributed by atoms with Crippen LogP contribution in [-0.4, -0.2) is 55.1 Å². The lowest BCUT2D eigenvalue weighted by Gasteiger charge is -2.28. The van der Waals surface area contributed by atoms with Crippen molar-refractivity contribution in [1.29, 1.82) is 0 Å². The number of rotatable bonds is 7. The SMILES string of the molecule is CCCCN(CCCC)C(=O)N1CCC(C(=O)OC)C1. The number of hydrogen-bond acceptors (Lipinski definition) is 3. The van der Waals surface area contributed by atoms with E-state index >= 15 is 0 Å². The summed E-state index contributed by atoms with van der Waals surface area (Å²) in [6.45, 7) is 7.05. The standard InChI is InChI=1S/C15H28N2O3/c1-4-6-9-16(10-7-5-2)15(19)17-11-8-13(12-17)14(18)20-3/h13H,4-12H2,1-3H3. The fourth-order valence-corrected chi connectivity index (χ4v) is 2.49. The van der Waals surface area contributed by atoms with E-state index in [-0.39, 0.29) is 17.9 Å². The molecule has 2 amide bonds. The number of unbranched alkanes of at least 4 members (excludes halogenated alkanes) is 2. The number of carbonyl (C=O) groups is 2. The Morgan fingerprint density at radius 3 is 2.30 bits per heavy atom. The van der Waals surface area contributed by atoms with Gasteiger partial charge in [0.05, 0.1) is 13.0 Å². The summed E-state index contributed by atoms with van der Waals surface area (Å²) in [6.07, 6.45) is 4.95.